The molecule has 0 radical (unpaired) electrons. The molecule has 1 amide bonds. The minimum absolute atomic E-state index is 0.0329. The fourth-order valence-corrected chi connectivity index (χ4v) is 1.14. The van der Waals surface area contributed by atoms with E-state index >= 15 is 0 Å². The molecule has 0 fully saturated rings. The second-order valence-electron chi connectivity index (χ2n) is 5.99. The van der Waals surface area contributed by atoms with Gasteiger partial charge in [-0.15, -0.1) is 0 Å². The Kier molecular flexibility index (Phi) is 8.17. The molecule has 0 aromatic carbocycles. The molecule has 0 aliphatic heterocycles. The van der Waals surface area contributed by atoms with E-state index in [2.05, 4.69) is 45.3 Å². The lowest BCUT2D eigenvalue weighted by Gasteiger charge is -2.18. The van der Waals surface area contributed by atoms with Crippen molar-refractivity contribution in [3.05, 3.63) is 0 Å². The van der Waals surface area contributed by atoms with Crippen molar-refractivity contribution in [2.45, 2.75) is 34.6 Å². The molecule has 17 heavy (non-hydrogen) atoms. The van der Waals surface area contributed by atoms with Gasteiger partial charge >= 0.3 is 0 Å². The van der Waals surface area contributed by atoms with Gasteiger partial charge in [0.2, 0.25) is 5.91 Å². The van der Waals surface area contributed by atoms with Gasteiger partial charge in [0.1, 0.15) is 6.61 Å². The predicted molar refractivity (Wildman–Crippen MR) is 71.0 cm³/mol. The summed E-state index contributed by atoms with van der Waals surface area (Å²) in [6.45, 7) is 13.9. The molecule has 0 rings (SSSR count). The van der Waals surface area contributed by atoms with E-state index in [-0.39, 0.29) is 17.9 Å². The first-order valence-corrected chi connectivity index (χ1v) is 6.36. The largest absolute Gasteiger partial charge is 0.370 e. The maximum absolute atomic E-state index is 11.3. The van der Waals surface area contributed by atoms with Crippen molar-refractivity contribution < 1.29 is 9.53 Å². The van der Waals surface area contributed by atoms with Crippen LogP contribution in [0.3, 0.4) is 0 Å². The quantitative estimate of drug-likeness (QED) is 0.635. The molecule has 0 bridgehead atoms. The van der Waals surface area contributed by atoms with Crippen LogP contribution in [0.2, 0.25) is 0 Å². The van der Waals surface area contributed by atoms with Crippen LogP contribution in [-0.4, -0.2) is 38.8 Å². The topological polar surface area (TPSA) is 50.4 Å². The van der Waals surface area contributed by atoms with Crippen LogP contribution in [0.1, 0.15) is 34.6 Å². The molecule has 4 heteroatoms. The molecule has 0 spiro atoms. The highest BCUT2D eigenvalue weighted by atomic mass is 16.5. The van der Waals surface area contributed by atoms with Crippen LogP contribution in [0.25, 0.3) is 0 Å². The first kappa shape index (κ1) is 16.4. The number of hydrogen-bond donors (Lipinski definition) is 2. The highest BCUT2D eigenvalue weighted by Crippen LogP contribution is 2.09. The lowest BCUT2D eigenvalue weighted by Crippen LogP contribution is -2.33. The van der Waals surface area contributed by atoms with Crippen LogP contribution in [0.5, 0.6) is 0 Å². The molecule has 0 atom stereocenters. The number of nitrogens with one attached hydrogen (secondary N) is 2. The second kappa shape index (κ2) is 8.48. The zero-order valence-electron chi connectivity index (χ0n) is 11.9. The Morgan fingerprint density at radius 3 is 2.47 bits per heavy atom. The molecule has 0 aromatic heterocycles. The van der Waals surface area contributed by atoms with E-state index in [9.17, 15) is 4.79 Å². The summed E-state index contributed by atoms with van der Waals surface area (Å²) in [6, 6.07) is 0. The molecule has 0 heterocycles. The van der Waals surface area contributed by atoms with Crippen LogP contribution in [0.4, 0.5) is 0 Å². The summed E-state index contributed by atoms with van der Waals surface area (Å²) in [4.78, 5) is 11.3. The summed E-state index contributed by atoms with van der Waals surface area (Å²) in [7, 11) is 0. The third-order valence-corrected chi connectivity index (χ3v) is 2.02. The van der Waals surface area contributed by atoms with Crippen molar-refractivity contribution in [2.24, 2.45) is 11.3 Å². The number of carbonyl (C=O) groups excluding carboxylic acids is 1. The van der Waals surface area contributed by atoms with Gasteiger partial charge in [-0.1, -0.05) is 34.6 Å². The molecule has 0 aliphatic carbocycles. The maximum Gasteiger partial charge on any atom is 0.246 e. The van der Waals surface area contributed by atoms with Crippen molar-refractivity contribution in [1.82, 2.24) is 10.6 Å². The molecule has 0 unspecified atom stereocenters. The lowest BCUT2D eigenvalue weighted by molar-refractivity contribution is -0.125. The average molecular weight is 244 g/mol. The normalized spacial score (nSPS) is 11.9. The first-order valence-electron chi connectivity index (χ1n) is 6.36. The number of carbonyl (C=O) groups is 1. The molecule has 0 saturated carbocycles. The Hall–Kier alpha value is -0.610. The smallest absolute Gasteiger partial charge is 0.246 e. The van der Waals surface area contributed by atoms with Crippen LogP contribution < -0.4 is 10.6 Å². The third kappa shape index (κ3) is 13.3. The van der Waals surface area contributed by atoms with Crippen molar-refractivity contribution in [3.63, 3.8) is 0 Å². The summed E-state index contributed by atoms with van der Waals surface area (Å²) in [5.41, 5.74) is 0.286. The van der Waals surface area contributed by atoms with E-state index in [0.29, 0.717) is 19.1 Å². The summed E-state index contributed by atoms with van der Waals surface area (Å²) in [6.07, 6.45) is 0. The molecule has 0 saturated heterocycles. The first-order chi connectivity index (χ1) is 7.81. The van der Waals surface area contributed by atoms with Gasteiger partial charge in [-0.25, -0.2) is 0 Å². The van der Waals surface area contributed by atoms with Gasteiger partial charge in [-0.05, 0) is 11.3 Å². The Bertz CT molecular complexity index is 210. The summed E-state index contributed by atoms with van der Waals surface area (Å²) >= 11 is 0. The van der Waals surface area contributed by atoms with Crippen LogP contribution in [0.15, 0.2) is 0 Å². The van der Waals surface area contributed by atoms with E-state index in [1.807, 2.05) is 0 Å². The molecule has 4 nitrogen and oxygen atoms in total. The van der Waals surface area contributed by atoms with Crippen LogP contribution in [-0.2, 0) is 9.53 Å². The summed E-state index contributed by atoms with van der Waals surface area (Å²) < 4.78 is 5.27. The van der Waals surface area contributed by atoms with Gasteiger partial charge in [-0.3, -0.25) is 4.79 Å². The average Bonchev–Trinajstić information content (AvgIpc) is 2.18. The van der Waals surface area contributed by atoms with Crippen LogP contribution in [0, 0.1) is 11.3 Å². The van der Waals surface area contributed by atoms with Crippen molar-refractivity contribution in [1.29, 1.82) is 0 Å². The van der Waals surface area contributed by atoms with Crippen molar-refractivity contribution >= 4 is 5.91 Å². The number of hydrogen-bond acceptors (Lipinski definition) is 3. The van der Waals surface area contributed by atoms with E-state index < -0.39 is 0 Å². The number of rotatable bonds is 8. The summed E-state index contributed by atoms with van der Waals surface area (Å²) in [5.74, 6) is 0.446. The van der Waals surface area contributed by atoms with Crippen molar-refractivity contribution in [3.8, 4) is 0 Å². The van der Waals surface area contributed by atoms with Gasteiger partial charge in [-0.2, -0.15) is 0 Å². The second-order valence-corrected chi connectivity index (χ2v) is 5.99. The zero-order valence-corrected chi connectivity index (χ0v) is 11.9. The maximum atomic E-state index is 11.3. The molecule has 102 valence electrons. The highest BCUT2D eigenvalue weighted by Gasteiger charge is 2.08. The predicted octanol–water partition coefficient (Wildman–Crippen LogP) is 1.41. The minimum atomic E-state index is -0.0329. The fourth-order valence-electron chi connectivity index (χ4n) is 1.14. The highest BCUT2D eigenvalue weighted by molar-refractivity contribution is 5.77. The Morgan fingerprint density at radius 1 is 1.29 bits per heavy atom. The molecule has 0 aliphatic rings. The van der Waals surface area contributed by atoms with Gasteiger partial charge in [0.25, 0.3) is 0 Å². The molecule has 2 N–H and O–H groups in total. The van der Waals surface area contributed by atoms with Gasteiger partial charge in [0, 0.05) is 19.6 Å². The van der Waals surface area contributed by atoms with E-state index in [1.165, 1.54) is 0 Å². The van der Waals surface area contributed by atoms with Gasteiger partial charge in [0.15, 0.2) is 0 Å². The van der Waals surface area contributed by atoms with E-state index in [0.717, 1.165) is 13.1 Å². The number of amides is 1. The van der Waals surface area contributed by atoms with Crippen molar-refractivity contribution in [2.75, 3.05) is 32.8 Å². The van der Waals surface area contributed by atoms with Gasteiger partial charge in [0.05, 0.1) is 6.61 Å². The Labute approximate surface area is 105 Å². The zero-order chi connectivity index (χ0) is 13.3. The third-order valence-electron chi connectivity index (χ3n) is 2.02. The standard InChI is InChI=1S/C13H28N2O2/c1-11(2)8-15-12(16)9-17-7-6-14-10-13(3,4)5/h11,14H,6-10H2,1-5H3,(H,15,16). The number of ether oxygens (including phenoxy) is 1. The SMILES string of the molecule is CC(C)CNC(=O)COCCNCC(C)(C)C. The Morgan fingerprint density at radius 2 is 1.94 bits per heavy atom. The lowest BCUT2D eigenvalue weighted by atomic mass is 9.97. The van der Waals surface area contributed by atoms with Gasteiger partial charge < -0.3 is 15.4 Å². The minimum Gasteiger partial charge on any atom is -0.370 e. The molecular weight excluding hydrogens is 216 g/mol. The molecule has 0 aromatic rings. The molecular formula is C13H28N2O2. The fraction of sp³-hybridized carbons (Fsp3) is 0.923. The van der Waals surface area contributed by atoms with E-state index in [4.69, 9.17) is 4.74 Å². The van der Waals surface area contributed by atoms with E-state index in [1.54, 1.807) is 0 Å². The van der Waals surface area contributed by atoms with Crippen LogP contribution >= 0.6 is 0 Å². The monoisotopic (exact) mass is 244 g/mol. The summed E-state index contributed by atoms with van der Waals surface area (Å²) in [5, 5.41) is 6.11. The Balaban J connectivity index is 3.31.